The maximum absolute atomic E-state index is 12.5. The van der Waals surface area contributed by atoms with Crippen LogP contribution in [0.5, 0.6) is 0 Å². The van der Waals surface area contributed by atoms with Gasteiger partial charge in [-0.3, -0.25) is 4.72 Å². The maximum Gasteiger partial charge on any atom is 0.336 e. The van der Waals surface area contributed by atoms with Gasteiger partial charge in [-0.15, -0.1) is 0 Å². The second-order valence-corrected chi connectivity index (χ2v) is 7.58. The molecule has 2 aromatic carbocycles. The molecule has 5 nitrogen and oxygen atoms in total. The van der Waals surface area contributed by atoms with Crippen molar-refractivity contribution in [3.63, 3.8) is 0 Å². The van der Waals surface area contributed by atoms with Gasteiger partial charge in [0.25, 0.3) is 10.0 Å². The third kappa shape index (κ3) is 3.30. The summed E-state index contributed by atoms with van der Waals surface area (Å²) in [6, 6.07) is 12.4. The van der Waals surface area contributed by atoms with Gasteiger partial charge in [0, 0.05) is 15.9 Å². The van der Waals surface area contributed by atoms with Crippen LogP contribution in [-0.4, -0.2) is 8.42 Å². The largest absolute Gasteiger partial charge is 0.423 e. The lowest BCUT2D eigenvalue weighted by molar-refractivity contribution is 0.560. The molecule has 3 rings (SSSR count). The zero-order chi connectivity index (χ0) is 16.6. The molecule has 0 bridgehead atoms. The summed E-state index contributed by atoms with van der Waals surface area (Å²) in [4.78, 5) is 11.3. The van der Waals surface area contributed by atoms with E-state index in [-0.39, 0.29) is 4.90 Å². The monoisotopic (exact) mass is 393 g/mol. The first-order chi connectivity index (χ1) is 10.8. The van der Waals surface area contributed by atoms with Gasteiger partial charge >= 0.3 is 5.63 Å². The number of halogens is 1. The van der Waals surface area contributed by atoms with Crippen molar-refractivity contribution in [1.82, 2.24) is 0 Å². The van der Waals surface area contributed by atoms with Gasteiger partial charge in [-0.1, -0.05) is 6.07 Å². The van der Waals surface area contributed by atoms with E-state index in [1.54, 1.807) is 6.07 Å². The number of nitrogens with one attached hydrogen (secondary N) is 1. The molecule has 0 unspecified atom stereocenters. The number of rotatable bonds is 3. The lowest BCUT2D eigenvalue weighted by atomic mass is 10.2. The summed E-state index contributed by atoms with van der Waals surface area (Å²) in [6.07, 6.45) is 0. The first kappa shape index (κ1) is 15.8. The summed E-state index contributed by atoms with van der Waals surface area (Å²) in [5.41, 5.74) is 1.33. The summed E-state index contributed by atoms with van der Waals surface area (Å²) < 4.78 is 33.3. The molecule has 3 aromatic rings. The lowest BCUT2D eigenvalue weighted by Crippen LogP contribution is -2.13. The Labute approximate surface area is 141 Å². The molecule has 7 heteroatoms. The van der Waals surface area contributed by atoms with E-state index in [9.17, 15) is 13.2 Å². The Morgan fingerprint density at radius 1 is 1.04 bits per heavy atom. The second-order valence-electron chi connectivity index (χ2n) is 5.04. The van der Waals surface area contributed by atoms with Gasteiger partial charge in [0.15, 0.2) is 0 Å². The summed E-state index contributed by atoms with van der Waals surface area (Å²) in [6.45, 7) is 1.92. The normalized spacial score (nSPS) is 11.6. The van der Waals surface area contributed by atoms with Crippen LogP contribution in [-0.2, 0) is 10.0 Å². The van der Waals surface area contributed by atoms with Crippen molar-refractivity contribution in [2.24, 2.45) is 0 Å². The number of sulfonamides is 1. The SMILES string of the molecule is Cc1ccc(NS(=O)(=O)c2ccc3oc(=O)ccc3c2)c(Br)c1. The molecular formula is C16H12BrNO4S. The number of hydrogen-bond donors (Lipinski definition) is 1. The Bertz CT molecular complexity index is 1060. The highest BCUT2D eigenvalue weighted by atomic mass is 79.9. The number of anilines is 1. The minimum absolute atomic E-state index is 0.0892. The molecule has 23 heavy (non-hydrogen) atoms. The molecular weight excluding hydrogens is 382 g/mol. The van der Waals surface area contributed by atoms with E-state index >= 15 is 0 Å². The third-order valence-electron chi connectivity index (χ3n) is 3.27. The molecule has 0 aliphatic rings. The van der Waals surface area contributed by atoms with E-state index in [0.29, 0.717) is 21.1 Å². The van der Waals surface area contributed by atoms with Crippen LogP contribution < -0.4 is 10.3 Å². The number of aryl methyl sites for hydroxylation is 1. The number of hydrogen-bond acceptors (Lipinski definition) is 4. The maximum atomic E-state index is 12.5. The summed E-state index contributed by atoms with van der Waals surface area (Å²) >= 11 is 3.34. The van der Waals surface area contributed by atoms with Crippen molar-refractivity contribution in [3.8, 4) is 0 Å². The molecule has 0 radical (unpaired) electrons. The summed E-state index contributed by atoms with van der Waals surface area (Å²) in [5.74, 6) is 0. The molecule has 1 N–H and O–H groups in total. The number of benzene rings is 2. The molecule has 0 saturated carbocycles. The van der Waals surface area contributed by atoms with Crippen LogP contribution in [0.3, 0.4) is 0 Å². The summed E-state index contributed by atoms with van der Waals surface area (Å²) in [5, 5.41) is 0.537. The van der Waals surface area contributed by atoms with Gasteiger partial charge in [-0.25, -0.2) is 13.2 Å². The smallest absolute Gasteiger partial charge is 0.336 e. The average Bonchev–Trinajstić information content (AvgIpc) is 2.49. The quantitative estimate of drug-likeness (QED) is 0.688. The van der Waals surface area contributed by atoms with Crippen LogP contribution in [0.25, 0.3) is 11.0 Å². The Morgan fingerprint density at radius 2 is 1.83 bits per heavy atom. The van der Waals surface area contributed by atoms with Crippen LogP contribution in [0.15, 0.2) is 67.1 Å². The van der Waals surface area contributed by atoms with E-state index in [1.165, 1.54) is 30.3 Å². The van der Waals surface area contributed by atoms with Crippen molar-refractivity contribution >= 4 is 42.6 Å². The molecule has 0 aliphatic carbocycles. The fourth-order valence-electron chi connectivity index (χ4n) is 2.12. The van der Waals surface area contributed by atoms with Crippen molar-refractivity contribution < 1.29 is 12.8 Å². The minimum Gasteiger partial charge on any atom is -0.423 e. The minimum atomic E-state index is -3.75. The zero-order valence-corrected chi connectivity index (χ0v) is 14.4. The Morgan fingerprint density at radius 3 is 2.57 bits per heavy atom. The van der Waals surface area contributed by atoms with Crippen molar-refractivity contribution in [2.45, 2.75) is 11.8 Å². The van der Waals surface area contributed by atoms with Gasteiger partial charge in [0.1, 0.15) is 5.58 Å². The molecule has 0 fully saturated rings. The topological polar surface area (TPSA) is 76.4 Å². The molecule has 118 valence electrons. The van der Waals surface area contributed by atoms with Crippen LogP contribution in [0, 0.1) is 6.92 Å². The standard InChI is InChI=1S/C16H12BrNO4S/c1-10-2-5-14(13(17)8-10)18-23(20,21)12-4-6-15-11(9-12)3-7-16(19)22-15/h2-9,18H,1H3. The van der Waals surface area contributed by atoms with Crippen LogP contribution >= 0.6 is 15.9 Å². The first-order valence-electron chi connectivity index (χ1n) is 6.68. The van der Waals surface area contributed by atoms with Gasteiger partial charge in [-0.05, 0) is 64.8 Å². The Hall–Kier alpha value is -2.12. The molecule has 0 atom stereocenters. The van der Waals surface area contributed by atoms with Gasteiger partial charge in [0.05, 0.1) is 10.6 Å². The Balaban J connectivity index is 2.02. The third-order valence-corrected chi connectivity index (χ3v) is 5.29. The van der Waals surface area contributed by atoms with Gasteiger partial charge in [-0.2, -0.15) is 0 Å². The van der Waals surface area contributed by atoms with E-state index in [0.717, 1.165) is 5.56 Å². The summed E-state index contributed by atoms with van der Waals surface area (Å²) in [7, 11) is -3.75. The molecule has 0 aliphatic heterocycles. The highest BCUT2D eigenvalue weighted by Gasteiger charge is 2.16. The van der Waals surface area contributed by atoms with Crippen LogP contribution in [0.4, 0.5) is 5.69 Å². The van der Waals surface area contributed by atoms with Crippen molar-refractivity contribution in [2.75, 3.05) is 4.72 Å². The lowest BCUT2D eigenvalue weighted by Gasteiger charge is -2.10. The first-order valence-corrected chi connectivity index (χ1v) is 8.96. The fourth-order valence-corrected chi connectivity index (χ4v) is 3.96. The van der Waals surface area contributed by atoms with Crippen LogP contribution in [0.2, 0.25) is 0 Å². The van der Waals surface area contributed by atoms with E-state index in [2.05, 4.69) is 20.7 Å². The van der Waals surface area contributed by atoms with Crippen LogP contribution in [0.1, 0.15) is 5.56 Å². The van der Waals surface area contributed by atoms with E-state index in [1.807, 2.05) is 19.1 Å². The molecule has 0 amide bonds. The van der Waals surface area contributed by atoms with Gasteiger partial charge < -0.3 is 4.42 Å². The Kier molecular flexibility index (Phi) is 3.99. The predicted molar refractivity (Wildman–Crippen MR) is 92.2 cm³/mol. The van der Waals surface area contributed by atoms with Gasteiger partial charge in [0.2, 0.25) is 0 Å². The van der Waals surface area contributed by atoms with Crippen molar-refractivity contribution in [1.29, 1.82) is 0 Å². The fraction of sp³-hybridized carbons (Fsp3) is 0.0625. The highest BCUT2D eigenvalue weighted by molar-refractivity contribution is 9.10. The second kappa shape index (κ2) is 5.82. The molecule has 1 aromatic heterocycles. The highest BCUT2D eigenvalue weighted by Crippen LogP contribution is 2.27. The number of fused-ring (bicyclic) bond motifs is 1. The van der Waals surface area contributed by atoms with E-state index in [4.69, 9.17) is 4.42 Å². The average molecular weight is 394 g/mol. The predicted octanol–water partition coefficient (Wildman–Crippen LogP) is 3.66. The molecule has 1 heterocycles. The molecule has 0 saturated heterocycles. The molecule has 0 spiro atoms. The van der Waals surface area contributed by atoms with E-state index < -0.39 is 15.6 Å². The zero-order valence-electron chi connectivity index (χ0n) is 12.0. The van der Waals surface area contributed by atoms with Crippen molar-refractivity contribution in [3.05, 3.63) is 69.0 Å².